The van der Waals surface area contributed by atoms with Crippen LogP contribution >= 0.6 is 11.8 Å². The van der Waals surface area contributed by atoms with Crippen LogP contribution in [0, 0.1) is 0 Å². The molecule has 3 heteroatoms. The number of aldehydes is 1. The fraction of sp³-hybridized carbons (Fsp3) is 0.417. The van der Waals surface area contributed by atoms with Crippen molar-refractivity contribution in [3.63, 3.8) is 0 Å². The molecule has 0 N–H and O–H groups in total. The van der Waals surface area contributed by atoms with E-state index in [-0.39, 0.29) is 0 Å². The zero-order valence-corrected chi connectivity index (χ0v) is 10.1. The zero-order valence-electron chi connectivity index (χ0n) is 9.32. The summed E-state index contributed by atoms with van der Waals surface area (Å²) in [5.74, 6) is 0.787. The van der Waals surface area contributed by atoms with Crippen LogP contribution in [0.2, 0.25) is 0 Å². The van der Waals surface area contributed by atoms with Crippen LogP contribution in [-0.4, -0.2) is 18.6 Å². The van der Waals surface area contributed by atoms with Gasteiger partial charge in [-0.05, 0) is 18.2 Å². The number of methoxy groups -OCH3 is 1. The number of thioether (sulfide) groups is 1. The first kappa shape index (κ1) is 12.1. The molecular weight excluding hydrogens is 208 g/mol. The summed E-state index contributed by atoms with van der Waals surface area (Å²) >= 11 is 1.79. The largest absolute Gasteiger partial charge is 0.496 e. The van der Waals surface area contributed by atoms with Crippen molar-refractivity contribution < 1.29 is 9.53 Å². The minimum absolute atomic E-state index is 0.412. The fourth-order valence-electron chi connectivity index (χ4n) is 1.35. The fourth-order valence-corrected chi connectivity index (χ4v) is 2.25. The lowest BCUT2D eigenvalue weighted by molar-refractivity contribution is -0.107. The van der Waals surface area contributed by atoms with E-state index < -0.39 is 0 Å². The Morgan fingerprint density at radius 3 is 2.73 bits per heavy atom. The van der Waals surface area contributed by atoms with Crippen LogP contribution in [0.1, 0.15) is 19.4 Å². The third kappa shape index (κ3) is 3.59. The van der Waals surface area contributed by atoms with Crippen LogP contribution in [0.4, 0.5) is 0 Å². The Morgan fingerprint density at radius 2 is 2.20 bits per heavy atom. The van der Waals surface area contributed by atoms with Gasteiger partial charge in [-0.2, -0.15) is 0 Å². The number of ether oxygens (including phenoxy) is 1. The molecule has 0 amide bonds. The molecule has 0 atom stereocenters. The summed E-state index contributed by atoms with van der Waals surface area (Å²) in [7, 11) is 1.62. The van der Waals surface area contributed by atoms with Gasteiger partial charge in [-0.3, -0.25) is 0 Å². The summed E-state index contributed by atoms with van der Waals surface area (Å²) in [5.41, 5.74) is 0.957. The lowest BCUT2D eigenvalue weighted by atomic mass is 10.1. The quantitative estimate of drug-likeness (QED) is 0.568. The van der Waals surface area contributed by atoms with Crippen LogP contribution in [0.3, 0.4) is 0 Å². The Kier molecular flexibility index (Phi) is 4.69. The molecule has 2 nitrogen and oxygen atoms in total. The first-order valence-electron chi connectivity index (χ1n) is 4.94. The van der Waals surface area contributed by atoms with E-state index >= 15 is 0 Å². The van der Waals surface area contributed by atoms with E-state index in [1.54, 1.807) is 18.9 Å². The van der Waals surface area contributed by atoms with Crippen LogP contribution in [0.5, 0.6) is 5.75 Å². The molecule has 0 saturated heterocycles. The normalized spacial score (nSPS) is 10.4. The Labute approximate surface area is 95.0 Å². The van der Waals surface area contributed by atoms with E-state index in [1.807, 2.05) is 18.2 Å². The van der Waals surface area contributed by atoms with Crippen LogP contribution < -0.4 is 4.74 Å². The monoisotopic (exact) mass is 224 g/mol. The molecule has 1 aromatic carbocycles. The summed E-state index contributed by atoms with van der Waals surface area (Å²) < 4.78 is 5.19. The number of carbonyl (C=O) groups excluding carboxylic acids is 1. The third-order valence-corrected chi connectivity index (χ3v) is 2.92. The smallest absolute Gasteiger partial charge is 0.124 e. The molecule has 0 aliphatic carbocycles. The van der Waals surface area contributed by atoms with E-state index in [0.29, 0.717) is 11.7 Å². The average Bonchev–Trinajstić information content (AvgIpc) is 2.18. The topological polar surface area (TPSA) is 26.3 Å². The summed E-state index contributed by atoms with van der Waals surface area (Å²) in [6.45, 7) is 4.29. The number of carbonyl (C=O) groups is 1. The summed E-state index contributed by atoms with van der Waals surface area (Å²) in [6.07, 6.45) is 1.32. The number of hydrogen-bond donors (Lipinski definition) is 0. The SMILES string of the molecule is COc1ccc(SC(C)C)cc1CC=O. The first-order valence-corrected chi connectivity index (χ1v) is 5.82. The van der Waals surface area contributed by atoms with Crippen molar-refractivity contribution in [2.24, 2.45) is 0 Å². The van der Waals surface area contributed by atoms with Crippen LogP contribution in [-0.2, 0) is 11.2 Å². The van der Waals surface area contributed by atoms with Gasteiger partial charge in [-0.15, -0.1) is 11.8 Å². The summed E-state index contributed by atoms with van der Waals surface area (Å²) in [6, 6.07) is 5.97. The highest BCUT2D eigenvalue weighted by molar-refractivity contribution is 7.99. The van der Waals surface area contributed by atoms with E-state index in [0.717, 1.165) is 17.6 Å². The molecular formula is C12H16O2S. The van der Waals surface area contributed by atoms with Gasteiger partial charge in [0.2, 0.25) is 0 Å². The second kappa shape index (κ2) is 5.81. The maximum Gasteiger partial charge on any atom is 0.124 e. The number of rotatable bonds is 5. The third-order valence-electron chi connectivity index (χ3n) is 1.93. The Hall–Kier alpha value is -0.960. The average molecular weight is 224 g/mol. The predicted molar refractivity (Wildman–Crippen MR) is 63.8 cm³/mol. The molecule has 0 spiro atoms. The van der Waals surface area contributed by atoms with Crippen molar-refractivity contribution in [2.45, 2.75) is 30.4 Å². The van der Waals surface area contributed by atoms with Gasteiger partial charge in [0.25, 0.3) is 0 Å². The Balaban J connectivity index is 2.93. The molecule has 1 rings (SSSR count). The molecule has 0 aliphatic rings. The molecule has 0 bridgehead atoms. The minimum Gasteiger partial charge on any atom is -0.496 e. The molecule has 82 valence electrons. The molecule has 0 aliphatic heterocycles. The lowest BCUT2D eigenvalue weighted by Crippen LogP contribution is -1.94. The van der Waals surface area contributed by atoms with E-state index in [2.05, 4.69) is 13.8 Å². The second-order valence-corrected chi connectivity index (χ2v) is 5.16. The molecule has 0 heterocycles. The van der Waals surface area contributed by atoms with Crippen molar-refractivity contribution in [3.8, 4) is 5.75 Å². The van der Waals surface area contributed by atoms with Crippen molar-refractivity contribution in [3.05, 3.63) is 23.8 Å². The molecule has 0 unspecified atom stereocenters. The van der Waals surface area contributed by atoms with Crippen LogP contribution in [0.25, 0.3) is 0 Å². The summed E-state index contributed by atoms with van der Waals surface area (Å²) in [4.78, 5) is 11.7. The van der Waals surface area contributed by atoms with Gasteiger partial charge >= 0.3 is 0 Å². The second-order valence-electron chi connectivity index (χ2n) is 3.51. The van der Waals surface area contributed by atoms with E-state index in [1.165, 1.54) is 4.90 Å². The maximum absolute atomic E-state index is 10.5. The Morgan fingerprint density at radius 1 is 1.47 bits per heavy atom. The van der Waals surface area contributed by atoms with Crippen molar-refractivity contribution >= 4 is 18.0 Å². The van der Waals surface area contributed by atoms with Gasteiger partial charge in [0, 0.05) is 22.1 Å². The van der Waals surface area contributed by atoms with Crippen molar-refractivity contribution in [1.29, 1.82) is 0 Å². The van der Waals surface area contributed by atoms with Gasteiger partial charge in [0.1, 0.15) is 12.0 Å². The predicted octanol–water partition coefficient (Wildman–Crippen LogP) is 2.94. The maximum atomic E-state index is 10.5. The molecule has 0 aromatic heterocycles. The standard InChI is InChI=1S/C12H16O2S/c1-9(2)15-11-4-5-12(14-3)10(8-11)6-7-13/h4-5,7-9H,6H2,1-3H3. The highest BCUT2D eigenvalue weighted by Gasteiger charge is 2.05. The highest BCUT2D eigenvalue weighted by Crippen LogP contribution is 2.28. The Bertz CT molecular complexity index is 334. The molecule has 1 aromatic rings. The molecule has 15 heavy (non-hydrogen) atoms. The van der Waals surface area contributed by atoms with Crippen molar-refractivity contribution in [1.82, 2.24) is 0 Å². The molecule has 0 fully saturated rings. The van der Waals surface area contributed by atoms with E-state index in [9.17, 15) is 4.79 Å². The number of hydrogen-bond acceptors (Lipinski definition) is 3. The van der Waals surface area contributed by atoms with Crippen molar-refractivity contribution in [2.75, 3.05) is 7.11 Å². The van der Waals surface area contributed by atoms with Crippen LogP contribution in [0.15, 0.2) is 23.1 Å². The first-order chi connectivity index (χ1) is 7.17. The molecule has 0 radical (unpaired) electrons. The van der Waals surface area contributed by atoms with Gasteiger partial charge in [-0.25, -0.2) is 0 Å². The summed E-state index contributed by atoms with van der Waals surface area (Å²) in [5, 5.41) is 0.544. The lowest BCUT2D eigenvalue weighted by Gasteiger charge is -2.10. The van der Waals surface area contributed by atoms with Gasteiger partial charge in [0.15, 0.2) is 0 Å². The van der Waals surface area contributed by atoms with Gasteiger partial charge < -0.3 is 9.53 Å². The number of benzene rings is 1. The molecule has 0 saturated carbocycles. The minimum atomic E-state index is 0.412. The van der Waals surface area contributed by atoms with Gasteiger partial charge in [-0.1, -0.05) is 13.8 Å². The van der Waals surface area contributed by atoms with Gasteiger partial charge in [0.05, 0.1) is 7.11 Å². The van der Waals surface area contributed by atoms with E-state index in [4.69, 9.17) is 4.74 Å². The highest BCUT2D eigenvalue weighted by atomic mass is 32.2. The zero-order chi connectivity index (χ0) is 11.3.